The summed E-state index contributed by atoms with van der Waals surface area (Å²) < 4.78 is 26.4. The maximum atomic E-state index is 12.2. The normalized spacial score (nSPS) is 13.1. The van der Waals surface area contributed by atoms with Crippen molar-refractivity contribution in [2.24, 2.45) is 5.92 Å². The zero-order valence-corrected chi connectivity index (χ0v) is 12.8. The van der Waals surface area contributed by atoms with Crippen molar-refractivity contribution in [3.05, 3.63) is 28.8 Å². The van der Waals surface area contributed by atoms with Crippen LogP contribution in [-0.2, 0) is 14.8 Å². The van der Waals surface area contributed by atoms with E-state index in [1.54, 1.807) is 0 Å². The number of carboxylic acid groups (broad SMARTS) is 2. The molecule has 9 heteroatoms. The second-order valence-corrected chi connectivity index (χ2v) is 6.72. The smallest absolute Gasteiger partial charge is 0.335 e. The molecule has 0 spiro atoms. The van der Waals surface area contributed by atoms with Gasteiger partial charge in [-0.25, -0.2) is 13.2 Å². The van der Waals surface area contributed by atoms with Gasteiger partial charge in [-0.1, -0.05) is 25.4 Å². The molecule has 0 saturated heterocycles. The first-order valence-corrected chi connectivity index (χ1v) is 7.70. The van der Waals surface area contributed by atoms with Crippen LogP contribution in [0.1, 0.15) is 24.2 Å². The minimum Gasteiger partial charge on any atom is -0.480 e. The molecule has 0 aliphatic heterocycles. The monoisotopic (exact) mass is 335 g/mol. The molecule has 0 radical (unpaired) electrons. The number of halogens is 1. The van der Waals surface area contributed by atoms with E-state index in [9.17, 15) is 18.0 Å². The molecule has 116 valence electrons. The molecule has 1 aromatic carbocycles. The van der Waals surface area contributed by atoms with Gasteiger partial charge >= 0.3 is 11.9 Å². The van der Waals surface area contributed by atoms with E-state index >= 15 is 0 Å². The van der Waals surface area contributed by atoms with Gasteiger partial charge in [0.1, 0.15) is 10.9 Å². The van der Waals surface area contributed by atoms with Gasteiger partial charge in [0, 0.05) is 0 Å². The van der Waals surface area contributed by atoms with Gasteiger partial charge in [0.2, 0.25) is 10.0 Å². The van der Waals surface area contributed by atoms with Crippen LogP contribution in [-0.4, -0.2) is 36.6 Å². The third kappa shape index (κ3) is 4.16. The van der Waals surface area contributed by atoms with Crippen LogP contribution in [0.4, 0.5) is 0 Å². The van der Waals surface area contributed by atoms with Gasteiger partial charge in [-0.15, -0.1) is 0 Å². The summed E-state index contributed by atoms with van der Waals surface area (Å²) in [4.78, 5) is 21.5. The number of hydrogen-bond donors (Lipinski definition) is 3. The van der Waals surface area contributed by atoms with Gasteiger partial charge in [-0.05, 0) is 24.1 Å². The topological polar surface area (TPSA) is 121 Å². The number of benzene rings is 1. The molecular weight excluding hydrogens is 322 g/mol. The number of carboxylic acids is 2. The molecule has 0 aliphatic carbocycles. The maximum Gasteiger partial charge on any atom is 0.335 e. The van der Waals surface area contributed by atoms with Crippen LogP contribution >= 0.6 is 11.6 Å². The maximum absolute atomic E-state index is 12.2. The molecule has 1 atom stereocenters. The van der Waals surface area contributed by atoms with Crippen LogP contribution in [0.2, 0.25) is 5.02 Å². The van der Waals surface area contributed by atoms with Crippen LogP contribution in [0.25, 0.3) is 0 Å². The van der Waals surface area contributed by atoms with Crippen LogP contribution < -0.4 is 4.72 Å². The van der Waals surface area contributed by atoms with Gasteiger partial charge in [0.15, 0.2) is 0 Å². The highest BCUT2D eigenvalue weighted by atomic mass is 35.5. The van der Waals surface area contributed by atoms with Crippen molar-refractivity contribution >= 4 is 33.6 Å². The second-order valence-electron chi connectivity index (χ2n) is 4.63. The Hall–Kier alpha value is -1.64. The summed E-state index contributed by atoms with van der Waals surface area (Å²) >= 11 is 5.77. The molecule has 1 rings (SSSR count). The van der Waals surface area contributed by atoms with Gasteiger partial charge in [-0.2, -0.15) is 4.72 Å². The lowest BCUT2D eigenvalue weighted by atomic mass is 10.1. The molecule has 0 aliphatic rings. The second kappa shape index (κ2) is 6.42. The summed E-state index contributed by atoms with van der Waals surface area (Å²) in [6, 6.07) is 1.82. The highest BCUT2D eigenvalue weighted by Crippen LogP contribution is 2.23. The van der Waals surface area contributed by atoms with Gasteiger partial charge in [0.05, 0.1) is 10.6 Å². The quantitative estimate of drug-likeness (QED) is 0.723. The van der Waals surface area contributed by atoms with E-state index in [4.69, 9.17) is 21.8 Å². The van der Waals surface area contributed by atoms with Crippen LogP contribution in [0, 0.1) is 5.92 Å². The summed E-state index contributed by atoms with van der Waals surface area (Å²) in [6.07, 6.45) is 0. The molecule has 21 heavy (non-hydrogen) atoms. The number of aromatic carboxylic acids is 1. The molecule has 0 heterocycles. The molecule has 7 nitrogen and oxygen atoms in total. The van der Waals surface area contributed by atoms with E-state index < -0.39 is 38.8 Å². The van der Waals surface area contributed by atoms with Crippen molar-refractivity contribution in [1.29, 1.82) is 0 Å². The highest BCUT2D eigenvalue weighted by Gasteiger charge is 2.29. The Bertz CT molecular complexity index is 670. The fraction of sp³-hybridized carbons (Fsp3) is 0.333. The first-order valence-electron chi connectivity index (χ1n) is 5.84. The predicted octanol–water partition coefficient (Wildman–Crippen LogP) is 1.43. The van der Waals surface area contributed by atoms with Crippen molar-refractivity contribution in [2.75, 3.05) is 0 Å². The molecule has 0 fully saturated rings. The number of sulfonamides is 1. The third-order valence-corrected chi connectivity index (χ3v) is 4.61. The summed E-state index contributed by atoms with van der Waals surface area (Å²) in [5.41, 5.74) is -0.267. The first kappa shape index (κ1) is 17.4. The number of aliphatic carboxylic acids is 1. The molecule has 0 unspecified atom stereocenters. The highest BCUT2D eigenvalue weighted by molar-refractivity contribution is 7.89. The minimum absolute atomic E-state index is 0.194. The number of hydrogen-bond acceptors (Lipinski definition) is 4. The van der Waals surface area contributed by atoms with Crippen molar-refractivity contribution < 1.29 is 28.2 Å². The lowest BCUT2D eigenvalue weighted by molar-refractivity contribution is -0.140. The van der Waals surface area contributed by atoms with Gasteiger partial charge < -0.3 is 10.2 Å². The summed E-state index contributed by atoms with van der Waals surface area (Å²) in [5.74, 6) is -3.15. The zero-order valence-electron chi connectivity index (χ0n) is 11.2. The van der Waals surface area contributed by atoms with Crippen LogP contribution in [0.3, 0.4) is 0 Å². The Labute approximate surface area is 126 Å². The predicted molar refractivity (Wildman–Crippen MR) is 75.0 cm³/mol. The molecular formula is C12H14ClNO6S. The molecule has 0 aromatic heterocycles. The third-order valence-electron chi connectivity index (χ3n) is 2.68. The van der Waals surface area contributed by atoms with Crippen LogP contribution in [0.5, 0.6) is 0 Å². The molecule has 0 saturated carbocycles. The Balaban J connectivity index is 3.27. The number of rotatable bonds is 6. The fourth-order valence-corrected chi connectivity index (χ4v) is 3.41. The van der Waals surface area contributed by atoms with Crippen LogP contribution in [0.15, 0.2) is 23.1 Å². The lowest BCUT2D eigenvalue weighted by Gasteiger charge is -2.18. The van der Waals surface area contributed by atoms with E-state index in [1.807, 2.05) is 4.72 Å². The van der Waals surface area contributed by atoms with Gasteiger partial charge in [-0.3, -0.25) is 4.79 Å². The summed E-state index contributed by atoms with van der Waals surface area (Å²) in [7, 11) is -4.26. The van der Waals surface area contributed by atoms with E-state index in [2.05, 4.69) is 0 Å². The number of nitrogens with one attached hydrogen (secondary N) is 1. The van der Waals surface area contributed by atoms with E-state index in [0.29, 0.717) is 0 Å². The average Bonchev–Trinajstić information content (AvgIpc) is 2.35. The Kier molecular flexibility index (Phi) is 5.32. The fourth-order valence-electron chi connectivity index (χ4n) is 1.54. The van der Waals surface area contributed by atoms with E-state index in [-0.39, 0.29) is 10.6 Å². The molecule has 0 bridgehead atoms. The molecule has 0 amide bonds. The largest absolute Gasteiger partial charge is 0.480 e. The van der Waals surface area contributed by atoms with Crippen molar-refractivity contribution in [3.8, 4) is 0 Å². The molecule has 3 N–H and O–H groups in total. The van der Waals surface area contributed by atoms with Crippen molar-refractivity contribution in [3.63, 3.8) is 0 Å². The zero-order chi connectivity index (χ0) is 16.4. The van der Waals surface area contributed by atoms with Gasteiger partial charge in [0.25, 0.3) is 0 Å². The first-order chi connectivity index (χ1) is 9.56. The lowest BCUT2D eigenvalue weighted by Crippen LogP contribution is -2.44. The Morgan fingerprint density at radius 1 is 1.24 bits per heavy atom. The van der Waals surface area contributed by atoms with Crippen molar-refractivity contribution in [1.82, 2.24) is 4.72 Å². The molecule has 1 aromatic rings. The SMILES string of the molecule is CC(C)[C@@H](NS(=O)(=O)c1cc(C(=O)O)ccc1Cl)C(=O)O. The Morgan fingerprint density at radius 3 is 2.24 bits per heavy atom. The summed E-state index contributed by atoms with van der Waals surface area (Å²) in [6.45, 7) is 3.08. The van der Waals surface area contributed by atoms with E-state index in [0.717, 1.165) is 18.2 Å². The number of carbonyl (C=O) groups is 2. The Morgan fingerprint density at radius 2 is 1.81 bits per heavy atom. The van der Waals surface area contributed by atoms with Crippen molar-refractivity contribution in [2.45, 2.75) is 24.8 Å². The minimum atomic E-state index is -4.26. The average molecular weight is 336 g/mol. The standard InChI is InChI=1S/C12H14ClNO6S/c1-6(2)10(12(17)18)14-21(19,20)9-5-7(11(15)16)3-4-8(9)13/h3-6,10,14H,1-2H3,(H,15,16)(H,17,18)/t10-/m1/s1. The van der Waals surface area contributed by atoms with E-state index in [1.165, 1.54) is 13.8 Å². The summed E-state index contributed by atoms with van der Waals surface area (Å²) in [5, 5.41) is 17.7.